The van der Waals surface area contributed by atoms with Crippen LogP contribution < -0.4 is 5.32 Å². The van der Waals surface area contributed by atoms with Gasteiger partial charge in [0.2, 0.25) is 0 Å². The van der Waals surface area contributed by atoms with Crippen LogP contribution in [0.5, 0.6) is 0 Å². The summed E-state index contributed by atoms with van der Waals surface area (Å²) in [5.74, 6) is 0.426. The van der Waals surface area contributed by atoms with Crippen molar-refractivity contribution < 1.29 is 4.39 Å². The minimum Gasteiger partial charge on any atom is -0.317 e. The zero-order valence-corrected chi connectivity index (χ0v) is 12.7. The highest BCUT2D eigenvalue weighted by Crippen LogP contribution is 2.35. The van der Waals surface area contributed by atoms with Gasteiger partial charge in [0, 0.05) is 16.4 Å². The number of hydrogen-bond acceptors (Lipinski definition) is 3. The Hall–Kier alpha value is -1.26. The Bertz CT molecular complexity index is 615. The number of aromatic nitrogens is 1. The van der Waals surface area contributed by atoms with Crippen molar-refractivity contribution in [1.29, 1.82) is 0 Å². The minimum atomic E-state index is -0.153. The highest BCUT2D eigenvalue weighted by molar-refractivity contribution is 7.12. The molecule has 0 saturated carbocycles. The lowest BCUT2D eigenvalue weighted by Gasteiger charge is -2.20. The molecule has 0 aliphatic carbocycles. The van der Waals surface area contributed by atoms with E-state index in [2.05, 4.69) is 12.2 Å². The maximum atomic E-state index is 13.4. The molecule has 1 aliphatic rings. The van der Waals surface area contributed by atoms with Crippen LogP contribution in [0.2, 0.25) is 0 Å². The van der Waals surface area contributed by atoms with E-state index in [0.29, 0.717) is 11.5 Å². The zero-order valence-electron chi connectivity index (χ0n) is 11.9. The Kier molecular flexibility index (Phi) is 3.85. The molecule has 4 heteroatoms. The Morgan fingerprint density at radius 2 is 2.00 bits per heavy atom. The van der Waals surface area contributed by atoms with E-state index in [-0.39, 0.29) is 5.82 Å². The molecule has 0 radical (unpaired) electrons. The number of rotatable bonds is 2. The highest BCUT2D eigenvalue weighted by atomic mass is 32.1. The lowest BCUT2D eigenvalue weighted by Crippen LogP contribution is -2.26. The number of thiazole rings is 1. The average molecular weight is 290 g/mol. The van der Waals surface area contributed by atoms with Crippen molar-refractivity contribution in [2.45, 2.75) is 32.6 Å². The fraction of sp³-hybridized carbons (Fsp3) is 0.438. The monoisotopic (exact) mass is 290 g/mol. The van der Waals surface area contributed by atoms with E-state index in [9.17, 15) is 4.39 Å². The summed E-state index contributed by atoms with van der Waals surface area (Å²) in [7, 11) is 0. The van der Waals surface area contributed by atoms with Gasteiger partial charge in [0.25, 0.3) is 0 Å². The van der Waals surface area contributed by atoms with Gasteiger partial charge in [-0.05, 0) is 63.5 Å². The van der Waals surface area contributed by atoms with Gasteiger partial charge in [-0.3, -0.25) is 0 Å². The van der Waals surface area contributed by atoms with Gasteiger partial charge in [-0.25, -0.2) is 9.37 Å². The van der Waals surface area contributed by atoms with E-state index in [1.165, 1.54) is 16.0 Å². The summed E-state index contributed by atoms with van der Waals surface area (Å²) in [4.78, 5) is 6.07. The van der Waals surface area contributed by atoms with Crippen LogP contribution in [0.3, 0.4) is 0 Å². The summed E-state index contributed by atoms with van der Waals surface area (Å²) >= 11 is 1.79. The topological polar surface area (TPSA) is 24.9 Å². The van der Waals surface area contributed by atoms with E-state index in [4.69, 9.17) is 4.98 Å². The molecule has 1 fully saturated rings. The summed E-state index contributed by atoms with van der Waals surface area (Å²) < 4.78 is 13.4. The molecule has 0 bridgehead atoms. The van der Waals surface area contributed by atoms with Crippen LogP contribution >= 0.6 is 11.3 Å². The number of hydrogen-bond donors (Lipinski definition) is 1. The first-order valence-corrected chi connectivity index (χ1v) is 7.91. The maximum absolute atomic E-state index is 13.4. The smallest absolute Gasteiger partial charge is 0.126 e. The third-order valence-electron chi connectivity index (χ3n) is 3.93. The van der Waals surface area contributed by atoms with Crippen molar-refractivity contribution in [2.75, 3.05) is 13.1 Å². The molecule has 1 aliphatic heterocycles. The van der Waals surface area contributed by atoms with Crippen molar-refractivity contribution in [2.24, 2.45) is 0 Å². The van der Waals surface area contributed by atoms with Crippen LogP contribution in [0.15, 0.2) is 18.2 Å². The molecule has 1 saturated heterocycles. The first kappa shape index (κ1) is 13.7. The quantitative estimate of drug-likeness (QED) is 0.903. The first-order chi connectivity index (χ1) is 9.65. The summed E-state index contributed by atoms with van der Waals surface area (Å²) in [5.41, 5.74) is 2.72. The van der Waals surface area contributed by atoms with Crippen molar-refractivity contribution in [3.8, 4) is 11.3 Å². The number of aryl methyl sites for hydroxylation is 2. The predicted octanol–water partition coefficient (Wildman–Crippen LogP) is 4.03. The molecule has 1 aromatic carbocycles. The Labute approximate surface area is 123 Å². The van der Waals surface area contributed by atoms with Crippen molar-refractivity contribution in [1.82, 2.24) is 10.3 Å². The van der Waals surface area contributed by atoms with Gasteiger partial charge in [-0.1, -0.05) is 0 Å². The molecule has 20 heavy (non-hydrogen) atoms. The number of halogens is 1. The lowest BCUT2D eigenvalue weighted by molar-refractivity contribution is 0.459. The van der Waals surface area contributed by atoms with Crippen LogP contribution in [0.4, 0.5) is 4.39 Å². The second-order valence-corrected chi connectivity index (χ2v) is 6.68. The van der Waals surface area contributed by atoms with Gasteiger partial charge in [0.15, 0.2) is 0 Å². The maximum Gasteiger partial charge on any atom is 0.126 e. The predicted molar refractivity (Wildman–Crippen MR) is 81.8 cm³/mol. The molecule has 3 rings (SSSR count). The molecule has 106 valence electrons. The SMILES string of the molecule is Cc1cc(-c2nc(C3CCNCC3)sc2C)ccc1F. The average Bonchev–Trinajstić information content (AvgIpc) is 2.85. The number of nitrogens with one attached hydrogen (secondary N) is 1. The second-order valence-electron chi connectivity index (χ2n) is 5.45. The number of benzene rings is 1. The summed E-state index contributed by atoms with van der Waals surface area (Å²) in [6.07, 6.45) is 2.32. The highest BCUT2D eigenvalue weighted by Gasteiger charge is 2.20. The van der Waals surface area contributed by atoms with Crippen LogP contribution in [0, 0.1) is 19.7 Å². The van der Waals surface area contributed by atoms with Gasteiger partial charge in [0.1, 0.15) is 5.82 Å². The summed E-state index contributed by atoms with van der Waals surface area (Å²) in [5, 5.41) is 4.62. The van der Waals surface area contributed by atoms with Gasteiger partial charge >= 0.3 is 0 Å². The standard InChI is InChI=1S/C16H19FN2S/c1-10-9-13(3-4-14(10)17)15-11(2)20-16(19-15)12-5-7-18-8-6-12/h3-4,9,12,18H,5-8H2,1-2H3. The molecule has 0 spiro atoms. The lowest BCUT2D eigenvalue weighted by atomic mass is 9.99. The molecule has 1 N–H and O–H groups in total. The van der Waals surface area contributed by atoms with Crippen LogP contribution in [-0.2, 0) is 0 Å². The normalized spacial score (nSPS) is 16.6. The molecule has 0 unspecified atom stereocenters. The minimum absolute atomic E-state index is 0.153. The van der Waals surface area contributed by atoms with E-state index >= 15 is 0 Å². The van der Waals surface area contributed by atoms with Gasteiger partial charge in [-0.15, -0.1) is 11.3 Å². The Morgan fingerprint density at radius 3 is 2.70 bits per heavy atom. The van der Waals surface area contributed by atoms with Crippen molar-refractivity contribution in [3.63, 3.8) is 0 Å². The molecular formula is C16H19FN2S. The third-order valence-corrected chi connectivity index (χ3v) is 5.07. The molecule has 0 atom stereocenters. The molecule has 2 aromatic rings. The fourth-order valence-corrected chi connectivity index (χ4v) is 3.83. The molecule has 0 amide bonds. The van der Waals surface area contributed by atoms with Gasteiger partial charge < -0.3 is 5.32 Å². The van der Waals surface area contributed by atoms with Crippen LogP contribution in [0.25, 0.3) is 11.3 Å². The van der Waals surface area contributed by atoms with Gasteiger partial charge in [-0.2, -0.15) is 0 Å². The Balaban J connectivity index is 1.93. The summed E-state index contributed by atoms with van der Waals surface area (Å²) in [6.45, 7) is 6.06. The van der Waals surface area contributed by atoms with E-state index < -0.39 is 0 Å². The zero-order chi connectivity index (χ0) is 14.1. The fourth-order valence-electron chi connectivity index (χ4n) is 2.72. The first-order valence-electron chi connectivity index (χ1n) is 7.09. The Morgan fingerprint density at radius 1 is 1.25 bits per heavy atom. The number of nitrogens with zero attached hydrogens (tertiary/aromatic N) is 1. The van der Waals surface area contributed by atoms with Gasteiger partial charge in [0.05, 0.1) is 10.7 Å². The second kappa shape index (κ2) is 5.62. The summed E-state index contributed by atoms with van der Waals surface area (Å²) in [6, 6.07) is 5.26. The van der Waals surface area contributed by atoms with Crippen LogP contribution in [-0.4, -0.2) is 18.1 Å². The largest absolute Gasteiger partial charge is 0.317 e. The van der Waals surface area contributed by atoms with Crippen LogP contribution in [0.1, 0.15) is 34.2 Å². The molecule has 2 nitrogen and oxygen atoms in total. The van der Waals surface area contributed by atoms with E-state index in [1.807, 2.05) is 12.1 Å². The van der Waals surface area contributed by atoms with E-state index in [0.717, 1.165) is 37.2 Å². The van der Waals surface area contributed by atoms with Crippen molar-refractivity contribution in [3.05, 3.63) is 39.5 Å². The number of piperidine rings is 1. The van der Waals surface area contributed by atoms with Crippen molar-refractivity contribution >= 4 is 11.3 Å². The van der Waals surface area contributed by atoms with E-state index in [1.54, 1.807) is 18.3 Å². The molecular weight excluding hydrogens is 271 g/mol. The molecule has 1 aromatic heterocycles. The molecule has 2 heterocycles. The third kappa shape index (κ3) is 2.63.